The topological polar surface area (TPSA) is 117 Å². The van der Waals surface area contributed by atoms with Gasteiger partial charge in [0.2, 0.25) is 0 Å². The van der Waals surface area contributed by atoms with Gasteiger partial charge in [-0.1, -0.05) is 23.4 Å². The lowest BCUT2D eigenvalue weighted by atomic mass is 10.1. The van der Waals surface area contributed by atoms with Gasteiger partial charge in [-0.15, -0.1) is 0 Å². The number of aryl methyl sites for hydroxylation is 3. The van der Waals surface area contributed by atoms with Crippen LogP contribution >= 0.6 is 0 Å². The normalized spacial score (nSPS) is 11.2. The summed E-state index contributed by atoms with van der Waals surface area (Å²) in [6.45, 7) is 5.70. The highest BCUT2D eigenvalue weighted by molar-refractivity contribution is 5.87. The van der Waals surface area contributed by atoms with Gasteiger partial charge >= 0.3 is 5.97 Å². The van der Waals surface area contributed by atoms with Crippen LogP contribution in [-0.4, -0.2) is 28.2 Å². The van der Waals surface area contributed by atoms with Crippen molar-refractivity contribution in [1.82, 2.24) is 15.1 Å². The van der Waals surface area contributed by atoms with E-state index in [1.165, 1.54) is 6.08 Å². The Morgan fingerprint density at radius 1 is 1.11 bits per heavy atom. The SMILES string of the molecule is COc1cc(/C=C/C(=O)OCc2nc3c(C)cccc3c(=O)[nH]2)ccc1OCc1c(C)noc1C. The van der Waals surface area contributed by atoms with Gasteiger partial charge in [-0.2, -0.15) is 0 Å². The van der Waals surface area contributed by atoms with Gasteiger partial charge in [-0.05, 0) is 56.2 Å². The predicted octanol–water partition coefficient (Wildman–Crippen LogP) is 4.18. The number of hydrogen-bond acceptors (Lipinski definition) is 8. The standard InChI is InChI=1S/C26H25N3O6/c1-15-6-5-7-19-25(15)27-23(28-26(19)31)14-34-24(30)11-9-18-8-10-21(22(12-18)32-4)33-13-20-16(2)29-35-17(20)3/h5-12H,13-14H2,1-4H3,(H,27,28,31)/b11-9+. The Balaban J connectivity index is 1.39. The maximum atomic E-state index is 12.3. The van der Waals surface area contributed by atoms with Gasteiger partial charge in [-0.25, -0.2) is 9.78 Å². The highest BCUT2D eigenvalue weighted by atomic mass is 16.5. The first-order chi connectivity index (χ1) is 16.9. The van der Waals surface area contributed by atoms with Crippen LogP contribution in [0.15, 0.2) is 51.8 Å². The van der Waals surface area contributed by atoms with Crippen LogP contribution < -0.4 is 15.0 Å². The molecule has 0 amide bonds. The molecule has 0 spiro atoms. The van der Waals surface area contributed by atoms with Crippen LogP contribution in [0.1, 0.15) is 34.0 Å². The molecule has 0 saturated heterocycles. The van der Waals surface area contributed by atoms with E-state index >= 15 is 0 Å². The molecule has 2 aromatic heterocycles. The number of methoxy groups -OCH3 is 1. The monoisotopic (exact) mass is 475 g/mol. The first kappa shape index (κ1) is 23.7. The van der Waals surface area contributed by atoms with E-state index < -0.39 is 5.97 Å². The van der Waals surface area contributed by atoms with E-state index in [9.17, 15) is 9.59 Å². The molecule has 4 aromatic rings. The first-order valence-electron chi connectivity index (χ1n) is 10.9. The van der Waals surface area contributed by atoms with E-state index in [0.29, 0.717) is 34.8 Å². The number of benzene rings is 2. The maximum absolute atomic E-state index is 12.3. The fourth-order valence-corrected chi connectivity index (χ4v) is 3.54. The van der Waals surface area contributed by atoms with Crippen LogP contribution in [-0.2, 0) is 22.7 Å². The number of esters is 1. The smallest absolute Gasteiger partial charge is 0.331 e. The van der Waals surface area contributed by atoms with Crippen molar-refractivity contribution in [2.45, 2.75) is 34.0 Å². The summed E-state index contributed by atoms with van der Waals surface area (Å²) in [5.74, 6) is 1.47. The number of carbonyl (C=O) groups excluding carboxylic acids is 1. The lowest BCUT2D eigenvalue weighted by molar-refractivity contribution is -0.139. The lowest BCUT2D eigenvalue weighted by Gasteiger charge is -2.11. The number of carbonyl (C=O) groups is 1. The summed E-state index contributed by atoms with van der Waals surface area (Å²) in [6.07, 6.45) is 2.90. The van der Waals surface area contributed by atoms with Crippen LogP contribution in [0.4, 0.5) is 0 Å². The third kappa shape index (κ3) is 5.40. The van der Waals surface area contributed by atoms with Crippen molar-refractivity contribution in [3.05, 3.63) is 86.8 Å². The molecule has 9 nitrogen and oxygen atoms in total. The zero-order valence-corrected chi connectivity index (χ0v) is 19.9. The first-order valence-corrected chi connectivity index (χ1v) is 10.9. The number of nitrogens with one attached hydrogen (secondary N) is 1. The average Bonchev–Trinajstić information content (AvgIpc) is 3.17. The van der Waals surface area contributed by atoms with Crippen molar-refractivity contribution in [3.8, 4) is 11.5 Å². The highest BCUT2D eigenvalue weighted by Gasteiger charge is 2.12. The highest BCUT2D eigenvalue weighted by Crippen LogP contribution is 2.30. The molecular weight excluding hydrogens is 450 g/mol. The summed E-state index contributed by atoms with van der Waals surface area (Å²) in [6, 6.07) is 10.7. The number of aromatic nitrogens is 3. The van der Waals surface area contributed by atoms with E-state index in [4.69, 9.17) is 18.7 Å². The molecule has 0 bridgehead atoms. The summed E-state index contributed by atoms with van der Waals surface area (Å²) in [7, 11) is 1.54. The third-order valence-electron chi connectivity index (χ3n) is 5.49. The van der Waals surface area contributed by atoms with E-state index in [0.717, 1.165) is 22.4 Å². The fraction of sp³-hybridized carbons (Fsp3) is 0.231. The largest absolute Gasteiger partial charge is 0.493 e. The second-order valence-electron chi connectivity index (χ2n) is 7.93. The quantitative estimate of drug-likeness (QED) is 0.298. The van der Waals surface area contributed by atoms with Gasteiger partial charge < -0.3 is 23.7 Å². The van der Waals surface area contributed by atoms with Crippen molar-refractivity contribution < 1.29 is 23.5 Å². The molecule has 1 N–H and O–H groups in total. The fourth-order valence-electron chi connectivity index (χ4n) is 3.54. The minimum Gasteiger partial charge on any atom is -0.493 e. The van der Waals surface area contributed by atoms with Crippen LogP contribution in [0.5, 0.6) is 11.5 Å². The number of ether oxygens (including phenoxy) is 3. The molecule has 0 atom stereocenters. The zero-order chi connectivity index (χ0) is 24.9. The molecular formula is C26H25N3O6. The van der Waals surface area contributed by atoms with Crippen LogP contribution in [0, 0.1) is 20.8 Å². The number of rotatable bonds is 8. The van der Waals surface area contributed by atoms with Gasteiger partial charge in [0.1, 0.15) is 24.8 Å². The van der Waals surface area contributed by atoms with Gasteiger partial charge in [0.05, 0.1) is 29.3 Å². The van der Waals surface area contributed by atoms with Crippen molar-refractivity contribution >= 4 is 22.9 Å². The zero-order valence-electron chi connectivity index (χ0n) is 19.9. The Hall–Kier alpha value is -4.40. The summed E-state index contributed by atoms with van der Waals surface area (Å²) in [5, 5.41) is 4.41. The number of hydrogen-bond donors (Lipinski definition) is 1. The Bertz CT molecular complexity index is 1450. The van der Waals surface area contributed by atoms with Crippen molar-refractivity contribution in [3.63, 3.8) is 0 Å². The Labute approximate surface area is 201 Å². The second kappa shape index (κ2) is 10.3. The van der Waals surface area contributed by atoms with Gasteiger partial charge in [0.25, 0.3) is 5.56 Å². The van der Waals surface area contributed by atoms with Crippen molar-refractivity contribution in [1.29, 1.82) is 0 Å². The number of aromatic amines is 1. The molecule has 35 heavy (non-hydrogen) atoms. The summed E-state index contributed by atoms with van der Waals surface area (Å²) < 4.78 is 21.7. The van der Waals surface area contributed by atoms with E-state index in [2.05, 4.69) is 15.1 Å². The summed E-state index contributed by atoms with van der Waals surface area (Å²) in [5.41, 5.74) is 3.56. The number of fused-ring (bicyclic) bond motifs is 1. The van der Waals surface area contributed by atoms with Crippen molar-refractivity contribution in [2.75, 3.05) is 7.11 Å². The molecule has 0 fully saturated rings. The minimum atomic E-state index is -0.574. The second-order valence-corrected chi connectivity index (χ2v) is 7.93. The molecule has 9 heteroatoms. The summed E-state index contributed by atoms with van der Waals surface area (Å²) in [4.78, 5) is 31.5. The third-order valence-corrected chi connectivity index (χ3v) is 5.49. The molecule has 0 aliphatic rings. The molecule has 180 valence electrons. The van der Waals surface area contributed by atoms with E-state index in [1.54, 1.807) is 43.5 Å². The van der Waals surface area contributed by atoms with Gasteiger partial charge in [0, 0.05) is 6.08 Å². The minimum absolute atomic E-state index is 0.152. The van der Waals surface area contributed by atoms with Gasteiger partial charge in [0.15, 0.2) is 11.5 Å². The van der Waals surface area contributed by atoms with Crippen LogP contribution in [0.3, 0.4) is 0 Å². The predicted molar refractivity (Wildman–Crippen MR) is 129 cm³/mol. The van der Waals surface area contributed by atoms with Crippen LogP contribution in [0.25, 0.3) is 17.0 Å². The Morgan fingerprint density at radius 2 is 1.94 bits per heavy atom. The number of nitrogens with zero attached hydrogens (tertiary/aromatic N) is 2. The Kier molecular flexibility index (Phi) is 6.96. The molecule has 0 aliphatic heterocycles. The number of para-hydroxylation sites is 1. The molecule has 0 unspecified atom stereocenters. The molecule has 0 aliphatic carbocycles. The van der Waals surface area contributed by atoms with Gasteiger partial charge in [-0.3, -0.25) is 4.79 Å². The molecule has 0 saturated carbocycles. The number of H-pyrrole nitrogens is 1. The molecule has 4 rings (SSSR count). The van der Waals surface area contributed by atoms with Crippen LogP contribution in [0.2, 0.25) is 0 Å². The average molecular weight is 476 g/mol. The molecule has 2 aromatic carbocycles. The molecule has 0 radical (unpaired) electrons. The molecule has 2 heterocycles. The maximum Gasteiger partial charge on any atom is 0.331 e. The van der Waals surface area contributed by atoms with E-state index in [-0.39, 0.29) is 18.0 Å². The van der Waals surface area contributed by atoms with Crippen molar-refractivity contribution in [2.24, 2.45) is 0 Å². The van der Waals surface area contributed by atoms with E-state index in [1.807, 2.05) is 26.8 Å². The Morgan fingerprint density at radius 3 is 2.69 bits per heavy atom. The summed E-state index contributed by atoms with van der Waals surface area (Å²) >= 11 is 0. The lowest BCUT2D eigenvalue weighted by Crippen LogP contribution is -2.14.